The van der Waals surface area contributed by atoms with Gasteiger partial charge in [0, 0.05) is 22.7 Å². The van der Waals surface area contributed by atoms with Crippen LogP contribution in [-0.4, -0.2) is 17.8 Å². The van der Waals surface area contributed by atoms with Crippen molar-refractivity contribution in [2.24, 2.45) is 35.3 Å². The Morgan fingerprint density at radius 1 is 1.18 bits per heavy atom. The summed E-state index contributed by atoms with van der Waals surface area (Å²) in [6, 6.07) is 0. The Balaban J connectivity index is 1.59. The molecule has 5 atom stereocenters. The highest BCUT2D eigenvalue weighted by Gasteiger charge is 2.51. The first kappa shape index (κ1) is 19.4. The zero-order chi connectivity index (χ0) is 20.0. The van der Waals surface area contributed by atoms with E-state index in [1.165, 1.54) is 11.3 Å². The van der Waals surface area contributed by atoms with Gasteiger partial charge in [-0.2, -0.15) is 0 Å². The number of aliphatic carboxylic acids is 1. The van der Waals surface area contributed by atoms with E-state index in [0.717, 1.165) is 61.8 Å². The first-order valence-corrected chi connectivity index (χ1v) is 11.2. The van der Waals surface area contributed by atoms with Gasteiger partial charge in [0.15, 0.2) is 0 Å². The molecule has 0 aromatic carbocycles. The van der Waals surface area contributed by atoms with Crippen LogP contribution in [0.5, 0.6) is 0 Å². The molecule has 6 nitrogen and oxygen atoms in total. The first-order valence-electron chi connectivity index (χ1n) is 10.4. The Labute approximate surface area is 168 Å². The summed E-state index contributed by atoms with van der Waals surface area (Å²) >= 11 is 1.44. The minimum absolute atomic E-state index is 0.0349. The molecule has 152 valence electrons. The number of carbonyl (C=O) groups excluding carboxylic acids is 3. The summed E-state index contributed by atoms with van der Waals surface area (Å²) in [4.78, 5) is 37.9. The lowest BCUT2D eigenvalue weighted by Crippen LogP contribution is -2.44. The van der Waals surface area contributed by atoms with E-state index in [4.69, 9.17) is 5.73 Å². The third kappa shape index (κ3) is 3.23. The molecule has 1 aromatic heterocycles. The van der Waals surface area contributed by atoms with Gasteiger partial charge in [-0.1, -0.05) is 19.8 Å². The van der Waals surface area contributed by atoms with Gasteiger partial charge in [-0.05, 0) is 61.8 Å². The van der Waals surface area contributed by atoms with Crippen molar-refractivity contribution in [1.29, 1.82) is 0 Å². The van der Waals surface area contributed by atoms with Gasteiger partial charge >= 0.3 is 0 Å². The number of rotatable bonds is 6. The second-order valence-electron chi connectivity index (χ2n) is 8.66. The van der Waals surface area contributed by atoms with E-state index in [9.17, 15) is 19.5 Å². The number of hydrogen-bond donors (Lipinski definition) is 2. The van der Waals surface area contributed by atoms with Crippen molar-refractivity contribution in [3.63, 3.8) is 0 Å². The van der Waals surface area contributed by atoms with Crippen molar-refractivity contribution in [2.75, 3.05) is 5.32 Å². The number of fused-ring (bicyclic) bond motifs is 3. The number of nitrogens with one attached hydrogen (secondary N) is 1. The van der Waals surface area contributed by atoms with Gasteiger partial charge in [0.1, 0.15) is 5.00 Å². The monoisotopic (exact) mass is 403 g/mol. The largest absolute Gasteiger partial charge is 0.550 e. The van der Waals surface area contributed by atoms with E-state index in [1.54, 1.807) is 0 Å². The number of carboxylic acids is 1. The van der Waals surface area contributed by atoms with Crippen LogP contribution in [0.3, 0.4) is 0 Å². The van der Waals surface area contributed by atoms with Crippen LogP contribution in [0.15, 0.2) is 0 Å². The zero-order valence-corrected chi connectivity index (χ0v) is 17.0. The van der Waals surface area contributed by atoms with Gasteiger partial charge < -0.3 is 21.0 Å². The van der Waals surface area contributed by atoms with E-state index >= 15 is 0 Å². The molecular weight excluding hydrogens is 376 g/mol. The lowest BCUT2D eigenvalue weighted by atomic mass is 9.78. The third-order valence-electron chi connectivity index (χ3n) is 7.04. The predicted octanol–water partition coefficient (Wildman–Crippen LogP) is 2.10. The molecular formula is C21H27N2O4S-. The number of amides is 2. The Bertz CT molecular complexity index is 818. The summed E-state index contributed by atoms with van der Waals surface area (Å²) in [6.45, 7) is 2.17. The highest BCUT2D eigenvalue weighted by molar-refractivity contribution is 7.17. The quantitative estimate of drug-likeness (QED) is 0.757. The number of thiophene rings is 1. The average molecular weight is 404 g/mol. The summed E-state index contributed by atoms with van der Waals surface area (Å²) in [7, 11) is 0. The summed E-state index contributed by atoms with van der Waals surface area (Å²) in [5, 5.41) is 15.0. The van der Waals surface area contributed by atoms with Gasteiger partial charge in [0.05, 0.1) is 5.56 Å². The standard InChI is InChI=1S/C21H28N2O4S/c1-2-3-10-4-7-13-14(8-10)28-20(17(13)18(22)24)23-19(25)15-11-5-6-12(9-11)16(15)21(26)27/h10-12,15-16H,2-9H2,1H3,(H2,22,24)(H,23,25)(H,26,27)/p-1/t10-,11-,12-,15+,16+/m1/s1. The lowest BCUT2D eigenvalue weighted by Gasteiger charge is -2.30. The van der Waals surface area contributed by atoms with Crippen molar-refractivity contribution < 1.29 is 19.5 Å². The number of primary amides is 1. The maximum absolute atomic E-state index is 13.0. The normalized spacial score (nSPS) is 30.8. The van der Waals surface area contributed by atoms with Crippen molar-refractivity contribution in [3.8, 4) is 0 Å². The maximum atomic E-state index is 13.0. The number of carboxylic acid groups (broad SMARTS) is 1. The van der Waals surface area contributed by atoms with Crippen LogP contribution in [0.4, 0.5) is 5.00 Å². The lowest BCUT2D eigenvalue weighted by molar-refractivity contribution is -0.314. The molecule has 4 rings (SSSR count). The van der Waals surface area contributed by atoms with E-state index < -0.39 is 23.7 Å². The minimum Gasteiger partial charge on any atom is -0.550 e. The van der Waals surface area contributed by atoms with Crippen molar-refractivity contribution >= 4 is 34.1 Å². The highest BCUT2D eigenvalue weighted by atomic mass is 32.1. The Hall–Kier alpha value is -1.89. The number of anilines is 1. The summed E-state index contributed by atoms with van der Waals surface area (Å²) in [5.74, 6) is -2.51. The molecule has 0 radical (unpaired) electrons. The van der Waals surface area contributed by atoms with E-state index in [0.29, 0.717) is 16.5 Å². The van der Waals surface area contributed by atoms with E-state index in [-0.39, 0.29) is 17.7 Å². The SMILES string of the molecule is CCC[C@@H]1CCc2c(sc(NC(=O)[C@H]3[C@@H]4CC[C@H](C4)[C@@H]3C(=O)[O-])c2C(N)=O)C1. The molecule has 0 aliphatic heterocycles. The molecule has 2 amide bonds. The second-order valence-corrected chi connectivity index (χ2v) is 9.77. The maximum Gasteiger partial charge on any atom is 0.251 e. The summed E-state index contributed by atoms with van der Waals surface area (Å²) in [5.41, 5.74) is 7.06. The molecule has 2 bridgehead atoms. The Morgan fingerprint density at radius 3 is 2.54 bits per heavy atom. The molecule has 0 unspecified atom stereocenters. The molecule has 7 heteroatoms. The topological polar surface area (TPSA) is 112 Å². The highest BCUT2D eigenvalue weighted by Crippen LogP contribution is 2.52. The molecule has 3 aliphatic carbocycles. The van der Waals surface area contributed by atoms with Gasteiger partial charge in [0.25, 0.3) is 5.91 Å². The molecule has 3 N–H and O–H groups in total. The second kappa shape index (κ2) is 7.50. The van der Waals surface area contributed by atoms with Crippen molar-refractivity contribution in [1.82, 2.24) is 0 Å². The van der Waals surface area contributed by atoms with Crippen LogP contribution >= 0.6 is 11.3 Å². The molecule has 0 spiro atoms. The van der Waals surface area contributed by atoms with E-state index in [2.05, 4.69) is 12.2 Å². The van der Waals surface area contributed by atoms with Gasteiger partial charge in [0.2, 0.25) is 5.91 Å². The fraction of sp³-hybridized carbons (Fsp3) is 0.667. The van der Waals surface area contributed by atoms with Crippen LogP contribution in [0, 0.1) is 29.6 Å². The van der Waals surface area contributed by atoms with Crippen LogP contribution in [0.25, 0.3) is 0 Å². The smallest absolute Gasteiger partial charge is 0.251 e. The third-order valence-corrected chi connectivity index (χ3v) is 8.21. The molecule has 2 saturated carbocycles. The minimum atomic E-state index is -1.13. The number of hydrogen-bond acceptors (Lipinski definition) is 5. The molecule has 1 heterocycles. The number of nitrogens with two attached hydrogens (primary N) is 1. The summed E-state index contributed by atoms with van der Waals surface area (Å²) < 4.78 is 0. The molecule has 3 aliphatic rings. The zero-order valence-electron chi connectivity index (χ0n) is 16.2. The fourth-order valence-corrected chi connectivity index (χ4v) is 7.23. The Morgan fingerprint density at radius 2 is 1.89 bits per heavy atom. The van der Waals surface area contributed by atoms with E-state index in [1.807, 2.05) is 0 Å². The first-order chi connectivity index (χ1) is 13.4. The Kier molecular flexibility index (Phi) is 5.21. The van der Waals surface area contributed by atoms with Crippen molar-refractivity contribution in [3.05, 3.63) is 16.0 Å². The van der Waals surface area contributed by atoms with Crippen molar-refractivity contribution in [2.45, 2.75) is 58.3 Å². The van der Waals surface area contributed by atoms with Crippen LogP contribution in [0.1, 0.15) is 66.2 Å². The molecule has 1 aromatic rings. The molecule has 28 heavy (non-hydrogen) atoms. The molecule has 2 fully saturated rings. The predicted molar refractivity (Wildman–Crippen MR) is 105 cm³/mol. The fourth-order valence-electron chi connectivity index (χ4n) is 5.86. The van der Waals surface area contributed by atoms with Crippen LogP contribution < -0.4 is 16.2 Å². The summed E-state index contributed by atoms with van der Waals surface area (Å²) in [6.07, 6.45) is 7.56. The van der Waals surface area contributed by atoms with Crippen LogP contribution in [0.2, 0.25) is 0 Å². The average Bonchev–Trinajstić information content (AvgIpc) is 3.33. The van der Waals surface area contributed by atoms with Crippen LogP contribution in [-0.2, 0) is 22.4 Å². The number of carbonyl (C=O) groups is 3. The molecule has 0 saturated heterocycles. The van der Waals surface area contributed by atoms with Gasteiger partial charge in [-0.3, -0.25) is 9.59 Å². The van der Waals surface area contributed by atoms with Gasteiger partial charge in [-0.15, -0.1) is 11.3 Å². The van der Waals surface area contributed by atoms with Gasteiger partial charge in [-0.25, -0.2) is 0 Å².